The fourth-order valence-electron chi connectivity index (χ4n) is 3.12. The van der Waals surface area contributed by atoms with Crippen molar-refractivity contribution in [3.63, 3.8) is 0 Å². The largest absolute Gasteiger partial charge is 0.491 e. The Morgan fingerprint density at radius 3 is 2.84 bits per heavy atom. The number of rotatable bonds is 7. The summed E-state index contributed by atoms with van der Waals surface area (Å²) >= 11 is 0. The molecule has 0 bridgehead atoms. The molecule has 0 saturated heterocycles. The van der Waals surface area contributed by atoms with Crippen LogP contribution < -0.4 is 15.8 Å². The van der Waals surface area contributed by atoms with Gasteiger partial charge in [0.2, 0.25) is 5.91 Å². The SMILES string of the molecule is Nc1ccc2c(c1)CCCC2NC(=O)COCCOc1ccccc1. The van der Waals surface area contributed by atoms with Crippen molar-refractivity contribution in [2.75, 3.05) is 25.6 Å². The highest BCUT2D eigenvalue weighted by Crippen LogP contribution is 2.30. The van der Waals surface area contributed by atoms with Gasteiger partial charge < -0.3 is 20.5 Å². The van der Waals surface area contributed by atoms with Gasteiger partial charge in [0, 0.05) is 5.69 Å². The summed E-state index contributed by atoms with van der Waals surface area (Å²) in [6.07, 6.45) is 3.01. The Morgan fingerprint density at radius 2 is 2.00 bits per heavy atom. The third-order valence-electron chi connectivity index (χ3n) is 4.29. The number of nitrogens with one attached hydrogen (secondary N) is 1. The van der Waals surface area contributed by atoms with Crippen LogP contribution in [0.2, 0.25) is 0 Å². The van der Waals surface area contributed by atoms with Crippen molar-refractivity contribution >= 4 is 11.6 Å². The standard InChI is InChI=1S/C20H24N2O3/c21-16-9-10-18-15(13-16)5-4-8-19(18)22-20(23)14-24-11-12-25-17-6-2-1-3-7-17/h1-3,6-7,9-10,13,19H,4-5,8,11-12,14,21H2,(H,22,23). The van der Waals surface area contributed by atoms with Gasteiger partial charge in [-0.15, -0.1) is 0 Å². The van der Waals surface area contributed by atoms with Gasteiger partial charge in [-0.3, -0.25) is 4.79 Å². The minimum absolute atomic E-state index is 0.0406. The van der Waals surface area contributed by atoms with Crippen LogP contribution >= 0.6 is 0 Å². The van der Waals surface area contributed by atoms with Gasteiger partial charge in [-0.05, 0) is 54.7 Å². The average molecular weight is 340 g/mol. The van der Waals surface area contributed by atoms with E-state index in [1.807, 2.05) is 48.5 Å². The molecule has 1 aliphatic carbocycles. The van der Waals surface area contributed by atoms with E-state index in [2.05, 4.69) is 5.32 Å². The molecule has 1 amide bonds. The number of aryl methyl sites for hydroxylation is 1. The van der Waals surface area contributed by atoms with Crippen molar-refractivity contribution in [2.24, 2.45) is 0 Å². The number of fused-ring (bicyclic) bond motifs is 1. The van der Waals surface area contributed by atoms with E-state index in [0.717, 1.165) is 30.7 Å². The molecule has 1 atom stereocenters. The molecule has 2 aromatic carbocycles. The fraction of sp³-hybridized carbons (Fsp3) is 0.350. The molecular weight excluding hydrogens is 316 g/mol. The molecule has 0 heterocycles. The van der Waals surface area contributed by atoms with Gasteiger partial charge in [-0.2, -0.15) is 0 Å². The Labute approximate surface area is 148 Å². The van der Waals surface area contributed by atoms with E-state index in [4.69, 9.17) is 15.2 Å². The molecule has 132 valence electrons. The first-order chi connectivity index (χ1) is 12.2. The lowest BCUT2D eigenvalue weighted by Gasteiger charge is -2.26. The number of hydrogen-bond donors (Lipinski definition) is 2. The number of ether oxygens (including phenoxy) is 2. The third kappa shape index (κ3) is 4.97. The summed E-state index contributed by atoms with van der Waals surface area (Å²) in [7, 11) is 0. The predicted molar refractivity (Wildman–Crippen MR) is 97.4 cm³/mol. The molecule has 5 nitrogen and oxygen atoms in total. The topological polar surface area (TPSA) is 73.6 Å². The molecule has 2 aromatic rings. The molecule has 0 fully saturated rings. The van der Waals surface area contributed by atoms with E-state index in [-0.39, 0.29) is 18.6 Å². The van der Waals surface area contributed by atoms with Crippen LogP contribution in [0.4, 0.5) is 5.69 Å². The van der Waals surface area contributed by atoms with Crippen molar-refractivity contribution in [1.29, 1.82) is 0 Å². The lowest BCUT2D eigenvalue weighted by molar-refractivity contribution is -0.126. The summed E-state index contributed by atoms with van der Waals surface area (Å²) in [6, 6.07) is 15.5. The quantitative estimate of drug-likeness (QED) is 0.600. The average Bonchev–Trinajstić information content (AvgIpc) is 2.62. The Balaban J connectivity index is 1.40. The van der Waals surface area contributed by atoms with Crippen molar-refractivity contribution in [2.45, 2.75) is 25.3 Å². The highest BCUT2D eigenvalue weighted by Gasteiger charge is 2.21. The van der Waals surface area contributed by atoms with Crippen LogP contribution in [0.3, 0.4) is 0 Å². The minimum Gasteiger partial charge on any atom is -0.491 e. The minimum atomic E-state index is -0.102. The summed E-state index contributed by atoms with van der Waals surface area (Å²) in [5, 5.41) is 3.06. The normalized spacial score (nSPS) is 16.1. The van der Waals surface area contributed by atoms with Gasteiger partial charge in [0.1, 0.15) is 19.0 Å². The third-order valence-corrected chi connectivity index (χ3v) is 4.29. The summed E-state index contributed by atoms with van der Waals surface area (Å²) < 4.78 is 10.9. The first-order valence-corrected chi connectivity index (χ1v) is 8.65. The van der Waals surface area contributed by atoms with Gasteiger partial charge in [0.25, 0.3) is 0 Å². The summed E-state index contributed by atoms with van der Waals surface area (Å²) in [5.41, 5.74) is 9.01. The van der Waals surface area contributed by atoms with E-state index in [9.17, 15) is 4.79 Å². The number of carbonyl (C=O) groups excluding carboxylic acids is 1. The van der Waals surface area contributed by atoms with Crippen molar-refractivity contribution in [3.8, 4) is 5.75 Å². The van der Waals surface area contributed by atoms with Crippen LogP contribution in [0.15, 0.2) is 48.5 Å². The number of para-hydroxylation sites is 1. The van der Waals surface area contributed by atoms with Gasteiger partial charge in [0.05, 0.1) is 12.6 Å². The second-order valence-electron chi connectivity index (χ2n) is 6.18. The number of hydrogen-bond acceptors (Lipinski definition) is 4. The van der Waals surface area contributed by atoms with Crippen molar-refractivity contribution in [1.82, 2.24) is 5.32 Å². The second-order valence-corrected chi connectivity index (χ2v) is 6.18. The number of anilines is 1. The number of nitrogen functional groups attached to an aromatic ring is 1. The van der Waals surface area contributed by atoms with Crippen LogP contribution in [0.25, 0.3) is 0 Å². The van der Waals surface area contributed by atoms with Gasteiger partial charge in [-0.1, -0.05) is 24.3 Å². The maximum absolute atomic E-state index is 12.1. The molecule has 0 aliphatic heterocycles. The molecule has 0 saturated carbocycles. The summed E-state index contributed by atoms with van der Waals surface area (Å²) in [4.78, 5) is 12.1. The van der Waals surface area contributed by atoms with Crippen molar-refractivity contribution < 1.29 is 14.3 Å². The lowest BCUT2D eigenvalue weighted by atomic mass is 9.87. The van der Waals surface area contributed by atoms with Crippen molar-refractivity contribution in [3.05, 3.63) is 59.7 Å². The summed E-state index contributed by atoms with van der Waals surface area (Å²) in [6.45, 7) is 0.835. The molecule has 0 aromatic heterocycles. The number of carbonyl (C=O) groups is 1. The Hall–Kier alpha value is -2.53. The molecule has 5 heteroatoms. The van der Waals surface area contributed by atoms with Crippen LogP contribution in [0, 0.1) is 0 Å². The maximum Gasteiger partial charge on any atom is 0.246 e. The zero-order valence-electron chi connectivity index (χ0n) is 14.2. The molecule has 1 unspecified atom stereocenters. The first-order valence-electron chi connectivity index (χ1n) is 8.65. The van der Waals surface area contributed by atoms with Crippen LogP contribution in [0.1, 0.15) is 30.0 Å². The van der Waals surface area contributed by atoms with Crippen LogP contribution in [-0.2, 0) is 16.0 Å². The first kappa shape index (κ1) is 17.3. The van der Waals surface area contributed by atoms with Gasteiger partial charge in [0.15, 0.2) is 0 Å². The number of nitrogens with two attached hydrogens (primary N) is 1. The van der Waals surface area contributed by atoms with E-state index < -0.39 is 0 Å². The second kappa shape index (κ2) is 8.53. The van der Waals surface area contributed by atoms with Crippen LogP contribution in [-0.4, -0.2) is 25.7 Å². The van der Waals surface area contributed by atoms with E-state index in [0.29, 0.717) is 13.2 Å². The smallest absolute Gasteiger partial charge is 0.246 e. The molecule has 25 heavy (non-hydrogen) atoms. The Bertz CT molecular complexity index is 703. The van der Waals surface area contributed by atoms with Crippen LogP contribution in [0.5, 0.6) is 5.75 Å². The molecule has 1 aliphatic rings. The predicted octanol–water partition coefficient (Wildman–Crippen LogP) is 2.86. The fourth-order valence-corrected chi connectivity index (χ4v) is 3.12. The van der Waals surface area contributed by atoms with E-state index in [1.165, 1.54) is 11.1 Å². The Kier molecular flexibility index (Phi) is 5.90. The zero-order chi connectivity index (χ0) is 17.5. The molecule has 0 radical (unpaired) electrons. The molecule has 3 rings (SSSR count). The van der Waals surface area contributed by atoms with E-state index in [1.54, 1.807) is 0 Å². The number of amides is 1. The molecule has 3 N–H and O–H groups in total. The number of benzene rings is 2. The summed E-state index contributed by atoms with van der Waals surface area (Å²) in [5.74, 6) is 0.697. The Morgan fingerprint density at radius 1 is 1.16 bits per heavy atom. The monoisotopic (exact) mass is 340 g/mol. The molecule has 0 spiro atoms. The maximum atomic E-state index is 12.1. The highest BCUT2D eigenvalue weighted by atomic mass is 16.5. The zero-order valence-corrected chi connectivity index (χ0v) is 14.2. The van der Waals surface area contributed by atoms with Gasteiger partial charge >= 0.3 is 0 Å². The van der Waals surface area contributed by atoms with Gasteiger partial charge in [-0.25, -0.2) is 0 Å². The van der Waals surface area contributed by atoms with E-state index >= 15 is 0 Å². The lowest BCUT2D eigenvalue weighted by Crippen LogP contribution is -2.34. The molecular formula is C20H24N2O3. The highest BCUT2D eigenvalue weighted by molar-refractivity contribution is 5.77.